The number of aromatic nitrogens is 2. The van der Waals surface area contributed by atoms with Gasteiger partial charge in [0.05, 0.1) is 22.7 Å². The normalized spacial score (nSPS) is 20.4. The van der Waals surface area contributed by atoms with Gasteiger partial charge in [-0.3, -0.25) is 4.79 Å². The number of amides is 1. The number of hydrogen-bond donors (Lipinski definition) is 0. The van der Waals surface area contributed by atoms with Crippen LogP contribution in [0, 0.1) is 17.2 Å². The molecule has 1 aliphatic carbocycles. The molecule has 1 saturated carbocycles. The standard InChI is InChI=1S/C30H36N6O/c1-22(2)33-13-10-30(21-31,11-14-33)26-7-5-23(6-8-26)25-19-28-27(9-12-32-36(28)20-25)34-15-17-35(18-16-34)29(37)24-3-4-24/h5-9,12,19-20,22,24H,3-4,10-11,13-18H2,1-2H3. The predicted molar refractivity (Wildman–Crippen MR) is 145 cm³/mol. The van der Waals surface area contributed by atoms with E-state index in [4.69, 9.17) is 0 Å². The molecule has 4 heterocycles. The molecule has 192 valence electrons. The molecular weight excluding hydrogens is 460 g/mol. The van der Waals surface area contributed by atoms with Crippen molar-refractivity contribution < 1.29 is 4.79 Å². The quantitative estimate of drug-likeness (QED) is 0.526. The molecule has 0 bridgehead atoms. The van der Waals surface area contributed by atoms with Crippen molar-refractivity contribution in [1.82, 2.24) is 19.4 Å². The Balaban J connectivity index is 1.20. The topological polar surface area (TPSA) is 67.9 Å². The highest BCUT2D eigenvalue weighted by atomic mass is 16.2. The Hall–Kier alpha value is -3.37. The van der Waals surface area contributed by atoms with E-state index >= 15 is 0 Å². The zero-order chi connectivity index (χ0) is 25.6. The largest absolute Gasteiger partial charge is 0.366 e. The van der Waals surface area contributed by atoms with E-state index in [0.29, 0.717) is 11.9 Å². The molecule has 3 fully saturated rings. The summed E-state index contributed by atoms with van der Waals surface area (Å²) in [6.45, 7) is 9.65. The highest BCUT2D eigenvalue weighted by Gasteiger charge is 2.37. The van der Waals surface area contributed by atoms with Crippen LogP contribution in [-0.2, 0) is 10.2 Å². The summed E-state index contributed by atoms with van der Waals surface area (Å²) >= 11 is 0. The van der Waals surface area contributed by atoms with E-state index < -0.39 is 5.41 Å². The lowest BCUT2D eigenvalue weighted by Crippen LogP contribution is -2.49. The maximum atomic E-state index is 12.5. The highest BCUT2D eigenvalue weighted by molar-refractivity contribution is 5.82. The number of piperidine rings is 1. The lowest BCUT2D eigenvalue weighted by Gasteiger charge is -2.39. The van der Waals surface area contributed by atoms with Crippen LogP contribution >= 0.6 is 0 Å². The van der Waals surface area contributed by atoms with Gasteiger partial charge in [-0.15, -0.1) is 0 Å². The van der Waals surface area contributed by atoms with Gasteiger partial charge in [0, 0.05) is 69.2 Å². The zero-order valence-electron chi connectivity index (χ0n) is 21.9. The lowest BCUT2D eigenvalue weighted by molar-refractivity contribution is -0.132. The Labute approximate surface area is 219 Å². The van der Waals surface area contributed by atoms with Gasteiger partial charge in [-0.05, 0) is 62.8 Å². The third kappa shape index (κ3) is 4.48. The molecule has 2 aliphatic heterocycles. The minimum Gasteiger partial charge on any atom is -0.366 e. The summed E-state index contributed by atoms with van der Waals surface area (Å²) in [4.78, 5) is 19.3. The summed E-state index contributed by atoms with van der Waals surface area (Å²) in [5, 5.41) is 14.7. The number of rotatable bonds is 5. The van der Waals surface area contributed by atoms with Crippen LogP contribution in [-0.4, -0.2) is 70.6 Å². The Morgan fingerprint density at radius 3 is 2.32 bits per heavy atom. The van der Waals surface area contributed by atoms with Crippen molar-refractivity contribution in [3.05, 3.63) is 54.4 Å². The molecule has 0 N–H and O–H groups in total. The van der Waals surface area contributed by atoms with Crippen LogP contribution in [0.5, 0.6) is 0 Å². The monoisotopic (exact) mass is 496 g/mol. The molecule has 1 amide bonds. The second kappa shape index (κ2) is 9.50. The van der Waals surface area contributed by atoms with E-state index in [9.17, 15) is 10.1 Å². The van der Waals surface area contributed by atoms with Crippen LogP contribution in [0.4, 0.5) is 5.69 Å². The highest BCUT2D eigenvalue weighted by Crippen LogP contribution is 2.37. The smallest absolute Gasteiger partial charge is 0.225 e. The van der Waals surface area contributed by atoms with E-state index in [-0.39, 0.29) is 5.92 Å². The van der Waals surface area contributed by atoms with Crippen molar-refractivity contribution in [2.24, 2.45) is 5.92 Å². The lowest BCUT2D eigenvalue weighted by atomic mass is 9.73. The van der Waals surface area contributed by atoms with Crippen molar-refractivity contribution in [1.29, 1.82) is 5.26 Å². The summed E-state index contributed by atoms with van der Waals surface area (Å²) in [5.74, 6) is 0.631. The van der Waals surface area contributed by atoms with Crippen molar-refractivity contribution in [2.75, 3.05) is 44.2 Å². The van der Waals surface area contributed by atoms with E-state index in [0.717, 1.165) is 92.8 Å². The molecule has 3 aliphatic rings. The van der Waals surface area contributed by atoms with Gasteiger partial charge in [-0.25, -0.2) is 4.52 Å². The first-order valence-electron chi connectivity index (χ1n) is 13.7. The molecule has 7 heteroatoms. The molecule has 0 atom stereocenters. The number of hydrogen-bond acceptors (Lipinski definition) is 5. The first kappa shape index (κ1) is 24.0. The first-order chi connectivity index (χ1) is 18.0. The van der Waals surface area contributed by atoms with E-state index in [1.165, 1.54) is 0 Å². The Bertz CT molecular complexity index is 1320. The van der Waals surface area contributed by atoms with E-state index in [1.54, 1.807) is 0 Å². The minimum atomic E-state index is -0.396. The van der Waals surface area contributed by atoms with Crippen LogP contribution in [0.3, 0.4) is 0 Å². The average Bonchev–Trinajstić information content (AvgIpc) is 3.70. The molecule has 1 aromatic carbocycles. The fraction of sp³-hybridized carbons (Fsp3) is 0.500. The number of nitrogens with zero attached hydrogens (tertiary/aromatic N) is 6. The van der Waals surface area contributed by atoms with Gasteiger partial charge in [0.1, 0.15) is 0 Å². The number of carbonyl (C=O) groups excluding carboxylic acids is 1. The van der Waals surface area contributed by atoms with Crippen molar-refractivity contribution in [3.63, 3.8) is 0 Å². The second-order valence-electron chi connectivity index (χ2n) is 11.3. The number of nitriles is 1. The third-order valence-corrected chi connectivity index (χ3v) is 8.71. The van der Waals surface area contributed by atoms with Gasteiger partial charge in [0.25, 0.3) is 0 Å². The number of anilines is 1. The Morgan fingerprint density at radius 1 is 1.00 bits per heavy atom. The summed E-state index contributed by atoms with van der Waals surface area (Å²) in [6, 6.07) is 16.1. The van der Waals surface area contributed by atoms with Gasteiger partial charge in [0.2, 0.25) is 5.91 Å². The molecule has 6 rings (SSSR count). The maximum Gasteiger partial charge on any atom is 0.225 e. The second-order valence-corrected chi connectivity index (χ2v) is 11.3. The fourth-order valence-corrected chi connectivity index (χ4v) is 6.05. The molecule has 37 heavy (non-hydrogen) atoms. The summed E-state index contributed by atoms with van der Waals surface area (Å²) in [5.41, 5.74) is 5.23. The van der Waals surface area contributed by atoms with Crippen LogP contribution in [0.25, 0.3) is 16.6 Å². The van der Waals surface area contributed by atoms with Crippen molar-refractivity contribution in [3.8, 4) is 17.2 Å². The Kier molecular flexibility index (Phi) is 6.16. The van der Waals surface area contributed by atoms with Crippen LogP contribution in [0.1, 0.15) is 45.1 Å². The van der Waals surface area contributed by atoms with Gasteiger partial charge >= 0.3 is 0 Å². The third-order valence-electron chi connectivity index (χ3n) is 8.71. The van der Waals surface area contributed by atoms with Crippen molar-refractivity contribution >= 4 is 17.1 Å². The minimum absolute atomic E-state index is 0.287. The molecule has 3 aromatic rings. The SMILES string of the molecule is CC(C)N1CCC(C#N)(c2ccc(-c3cc4c(N5CCN(C(=O)C6CC6)CC5)ccnn4c3)cc2)CC1. The molecule has 0 spiro atoms. The van der Waals surface area contributed by atoms with Gasteiger partial charge in [-0.2, -0.15) is 10.4 Å². The van der Waals surface area contributed by atoms with Crippen molar-refractivity contribution in [2.45, 2.75) is 51.0 Å². The summed E-state index contributed by atoms with van der Waals surface area (Å²) in [6.07, 6.45) is 7.82. The predicted octanol–water partition coefficient (Wildman–Crippen LogP) is 4.33. The van der Waals surface area contributed by atoms with Crippen LogP contribution < -0.4 is 4.90 Å². The van der Waals surface area contributed by atoms with Gasteiger partial charge < -0.3 is 14.7 Å². The van der Waals surface area contributed by atoms with E-state index in [2.05, 4.69) is 77.4 Å². The summed E-state index contributed by atoms with van der Waals surface area (Å²) in [7, 11) is 0. The maximum absolute atomic E-state index is 12.5. The Morgan fingerprint density at radius 2 is 1.70 bits per heavy atom. The number of benzene rings is 1. The van der Waals surface area contributed by atoms with Crippen LogP contribution in [0.2, 0.25) is 0 Å². The zero-order valence-corrected chi connectivity index (χ0v) is 21.9. The number of likely N-dealkylation sites (tertiary alicyclic amines) is 1. The molecule has 2 saturated heterocycles. The fourth-order valence-electron chi connectivity index (χ4n) is 6.05. The number of carbonyl (C=O) groups is 1. The average molecular weight is 497 g/mol. The molecule has 2 aromatic heterocycles. The van der Waals surface area contributed by atoms with E-state index in [1.807, 2.05) is 15.6 Å². The number of fused-ring (bicyclic) bond motifs is 1. The molecule has 0 unspecified atom stereocenters. The molecule has 0 radical (unpaired) electrons. The first-order valence-corrected chi connectivity index (χ1v) is 13.7. The molecule has 7 nitrogen and oxygen atoms in total. The molecular formula is C30H36N6O. The van der Waals surface area contributed by atoms with Crippen LogP contribution in [0.15, 0.2) is 48.8 Å². The van der Waals surface area contributed by atoms with Gasteiger partial charge in [-0.1, -0.05) is 24.3 Å². The summed E-state index contributed by atoms with van der Waals surface area (Å²) < 4.78 is 1.96. The van der Waals surface area contributed by atoms with Gasteiger partial charge in [0.15, 0.2) is 0 Å². The number of piperazine rings is 1.